The molecular formula is C18H22N4O4. The first-order valence-electron chi connectivity index (χ1n) is 8.36. The maximum absolute atomic E-state index is 12.1. The zero-order valence-corrected chi connectivity index (χ0v) is 14.3. The lowest BCUT2D eigenvalue weighted by Crippen LogP contribution is -2.25. The van der Waals surface area contributed by atoms with Gasteiger partial charge in [-0.25, -0.2) is 0 Å². The number of hydrogen-bond acceptors (Lipinski definition) is 6. The van der Waals surface area contributed by atoms with E-state index in [2.05, 4.69) is 20.6 Å². The second kappa shape index (κ2) is 10.2. The number of nitrogens with one attached hydrogen (secondary N) is 2. The van der Waals surface area contributed by atoms with Crippen molar-refractivity contribution in [2.75, 3.05) is 26.3 Å². The number of pyridine rings is 2. The molecule has 0 aliphatic heterocycles. The van der Waals surface area contributed by atoms with Gasteiger partial charge in [0.15, 0.2) is 0 Å². The van der Waals surface area contributed by atoms with Crippen molar-refractivity contribution < 1.29 is 19.8 Å². The van der Waals surface area contributed by atoms with Crippen LogP contribution < -0.4 is 10.6 Å². The van der Waals surface area contributed by atoms with Gasteiger partial charge in [-0.15, -0.1) is 0 Å². The van der Waals surface area contributed by atoms with E-state index in [0.29, 0.717) is 48.4 Å². The van der Waals surface area contributed by atoms with Crippen molar-refractivity contribution in [2.24, 2.45) is 0 Å². The highest BCUT2D eigenvalue weighted by Crippen LogP contribution is 2.17. The Morgan fingerprint density at radius 3 is 1.62 bits per heavy atom. The largest absolute Gasteiger partial charge is 0.396 e. The van der Waals surface area contributed by atoms with Gasteiger partial charge in [-0.05, 0) is 37.1 Å². The summed E-state index contributed by atoms with van der Waals surface area (Å²) in [5, 5.41) is 22.9. The Morgan fingerprint density at radius 2 is 1.23 bits per heavy atom. The van der Waals surface area contributed by atoms with Crippen LogP contribution in [0.5, 0.6) is 0 Å². The van der Waals surface area contributed by atoms with Gasteiger partial charge in [0.1, 0.15) is 0 Å². The van der Waals surface area contributed by atoms with Gasteiger partial charge < -0.3 is 20.8 Å². The van der Waals surface area contributed by atoms with Crippen molar-refractivity contribution in [3.8, 4) is 11.4 Å². The van der Waals surface area contributed by atoms with Gasteiger partial charge in [0.05, 0.1) is 11.4 Å². The minimum Gasteiger partial charge on any atom is -0.396 e. The first-order chi connectivity index (χ1) is 12.7. The summed E-state index contributed by atoms with van der Waals surface area (Å²) in [4.78, 5) is 32.6. The molecule has 0 saturated carbocycles. The third kappa shape index (κ3) is 5.61. The monoisotopic (exact) mass is 358 g/mol. The number of carbonyl (C=O) groups excluding carboxylic acids is 2. The molecule has 0 aliphatic rings. The number of nitrogens with zero attached hydrogens (tertiary/aromatic N) is 2. The molecule has 8 heteroatoms. The van der Waals surface area contributed by atoms with E-state index >= 15 is 0 Å². The van der Waals surface area contributed by atoms with Gasteiger partial charge in [0, 0.05) is 49.8 Å². The number of aliphatic hydroxyl groups excluding tert-OH is 2. The fourth-order valence-electron chi connectivity index (χ4n) is 2.19. The first-order valence-corrected chi connectivity index (χ1v) is 8.36. The molecule has 26 heavy (non-hydrogen) atoms. The molecule has 0 radical (unpaired) electrons. The summed E-state index contributed by atoms with van der Waals surface area (Å²) in [5.74, 6) is -0.528. The van der Waals surface area contributed by atoms with E-state index in [4.69, 9.17) is 10.2 Å². The van der Waals surface area contributed by atoms with Gasteiger partial charge in [0.2, 0.25) is 0 Å². The number of amides is 2. The van der Waals surface area contributed by atoms with E-state index in [1.54, 1.807) is 24.3 Å². The second-order valence-electron chi connectivity index (χ2n) is 5.53. The lowest BCUT2D eigenvalue weighted by Gasteiger charge is -2.07. The lowest BCUT2D eigenvalue weighted by molar-refractivity contribution is 0.0942. The summed E-state index contributed by atoms with van der Waals surface area (Å²) in [6.07, 6.45) is 3.98. The number of aliphatic hydroxyl groups is 2. The highest BCUT2D eigenvalue weighted by atomic mass is 16.3. The predicted molar refractivity (Wildman–Crippen MR) is 95.5 cm³/mol. The zero-order chi connectivity index (χ0) is 18.8. The van der Waals surface area contributed by atoms with Gasteiger partial charge in [0.25, 0.3) is 11.8 Å². The van der Waals surface area contributed by atoms with Crippen LogP contribution >= 0.6 is 0 Å². The number of rotatable bonds is 9. The second-order valence-corrected chi connectivity index (χ2v) is 5.53. The van der Waals surface area contributed by atoms with Crippen molar-refractivity contribution in [3.05, 3.63) is 47.8 Å². The molecule has 2 rings (SSSR count). The van der Waals surface area contributed by atoms with E-state index in [9.17, 15) is 9.59 Å². The van der Waals surface area contributed by atoms with Crippen molar-refractivity contribution in [1.29, 1.82) is 0 Å². The van der Waals surface area contributed by atoms with Crippen molar-refractivity contribution in [3.63, 3.8) is 0 Å². The van der Waals surface area contributed by atoms with Crippen LogP contribution in [0.4, 0.5) is 0 Å². The Morgan fingerprint density at radius 1 is 0.808 bits per heavy atom. The Hall–Kier alpha value is -2.84. The summed E-state index contributed by atoms with van der Waals surface area (Å²) in [6, 6.07) is 6.38. The molecule has 0 unspecified atom stereocenters. The van der Waals surface area contributed by atoms with Crippen molar-refractivity contribution in [2.45, 2.75) is 12.8 Å². The third-order valence-electron chi connectivity index (χ3n) is 3.55. The molecule has 2 heterocycles. The molecule has 0 bridgehead atoms. The quantitative estimate of drug-likeness (QED) is 0.480. The van der Waals surface area contributed by atoms with Crippen LogP contribution in [0, 0.1) is 0 Å². The molecule has 2 amide bonds. The Labute approximate surface area is 151 Å². The van der Waals surface area contributed by atoms with Gasteiger partial charge in [-0.1, -0.05) is 0 Å². The molecular weight excluding hydrogens is 336 g/mol. The molecule has 0 fully saturated rings. The van der Waals surface area contributed by atoms with Crippen molar-refractivity contribution >= 4 is 11.8 Å². The molecule has 8 nitrogen and oxygen atoms in total. The van der Waals surface area contributed by atoms with E-state index in [1.807, 2.05) is 0 Å². The molecule has 0 spiro atoms. The van der Waals surface area contributed by atoms with Crippen LogP contribution in [0.25, 0.3) is 11.4 Å². The average molecular weight is 358 g/mol. The summed E-state index contributed by atoms with van der Waals surface area (Å²) in [6.45, 7) is 0.793. The minimum atomic E-state index is -0.264. The highest BCUT2D eigenvalue weighted by molar-refractivity contribution is 5.96. The van der Waals surface area contributed by atoms with Crippen LogP contribution in [0.3, 0.4) is 0 Å². The zero-order valence-electron chi connectivity index (χ0n) is 14.3. The standard InChI is InChI=1S/C18H22N4O4/c23-9-1-5-21-17(25)13-3-7-19-15(11-13)16-12-14(4-8-20-16)18(26)22-6-2-10-24/h3-4,7-8,11-12,23-24H,1-2,5-6,9-10H2,(H,21,25)(H,22,26). The molecule has 0 saturated heterocycles. The SMILES string of the molecule is O=C(NCCCO)c1ccnc(-c2cc(C(=O)NCCCO)ccn2)c1. The van der Waals surface area contributed by atoms with Crippen LogP contribution in [0.15, 0.2) is 36.7 Å². The number of carbonyl (C=O) groups is 2. The first kappa shape index (κ1) is 19.5. The molecule has 0 aliphatic carbocycles. The Balaban J connectivity index is 2.13. The highest BCUT2D eigenvalue weighted by Gasteiger charge is 2.11. The molecule has 2 aromatic rings. The smallest absolute Gasteiger partial charge is 0.251 e. The van der Waals surface area contributed by atoms with E-state index in [-0.39, 0.29) is 25.0 Å². The fraction of sp³-hybridized carbons (Fsp3) is 0.333. The van der Waals surface area contributed by atoms with E-state index in [1.165, 1.54) is 12.4 Å². The van der Waals surface area contributed by atoms with Crippen LogP contribution in [-0.2, 0) is 0 Å². The maximum Gasteiger partial charge on any atom is 0.251 e. The maximum atomic E-state index is 12.1. The van der Waals surface area contributed by atoms with Crippen LogP contribution in [0.1, 0.15) is 33.6 Å². The normalized spacial score (nSPS) is 10.4. The Bertz CT molecular complexity index is 688. The number of aromatic nitrogens is 2. The predicted octanol–water partition coefficient (Wildman–Crippen LogP) is 0.368. The van der Waals surface area contributed by atoms with Gasteiger partial charge in [-0.2, -0.15) is 0 Å². The van der Waals surface area contributed by atoms with Gasteiger partial charge in [-0.3, -0.25) is 19.6 Å². The lowest BCUT2D eigenvalue weighted by atomic mass is 10.1. The topological polar surface area (TPSA) is 124 Å². The summed E-state index contributed by atoms with van der Waals surface area (Å²) >= 11 is 0. The Kier molecular flexibility index (Phi) is 7.66. The van der Waals surface area contributed by atoms with Crippen LogP contribution in [0.2, 0.25) is 0 Å². The summed E-state index contributed by atoms with van der Waals surface area (Å²) < 4.78 is 0. The minimum absolute atomic E-state index is 0.0129. The number of hydrogen-bond donors (Lipinski definition) is 4. The molecule has 138 valence electrons. The van der Waals surface area contributed by atoms with Crippen molar-refractivity contribution in [1.82, 2.24) is 20.6 Å². The molecule has 2 aromatic heterocycles. The fourth-order valence-corrected chi connectivity index (χ4v) is 2.19. The van der Waals surface area contributed by atoms with E-state index < -0.39 is 0 Å². The van der Waals surface area contributed by atoms with E-state index in [0.717, 1.165) is 0 Å². The third-order valence-corrected chi connectivity index (χ3v) is 3.55. The molecule has 4 N–H and O–H groups in total. The molecule has 0 atom stereocenters. The summed E-state index contributed by atoms with van der Waals surface area (Å²) in [5.41, 5.74) is 1.80. The molecule has 0 aromatic carbocycles. The van der Waals surface area contributed by atoms with Crippen LogP contribution in [-0.4, -0.2) is 58.3 Å². The summed E-state index contributed by atoms with van der Waals surface area (Å²) in [7, 11) is 0. The van der Waals surface area contributed by atoms with Gasteiger partial charge >= 0.3 is 0 Å². The average Bonchev–Trinajstić information content (AvgIpc) is 2.68.